The van der Waals surface area contributed by atoms with Gasteiger partial charge in [-0.1, -0.05) is 51.1 Å². The van der Waals surface area contributed by atoms with Crippen LogP contribution >= 0.6 is 0 Å². The number of fused-ring (bicyclic) bond motifs is 1. The lowest BCUT2D eigenvalue weighted by Gasteiger charge is -2.34. The number of amides is 1. The van der Waals surface area contributed by atoms with Crippen LogP contribution in [0.5, 0.6) is 0 Å². The van der Waals surface area contributed by atoms with Crippen LogP contribution in [0.25, 0.3) is 16.6 Å². The van der Waals surface area contributed by atoms with Crippen molar-refractivity contribution >= 4 is 16.8 Å². The molecule has 216 valence electrons. The summed E-state index contributed by atoms with van der Waals surface area (Å²) in [6.07, 6.45) is -10.1. The average molecular weight is 576 g/mol. The van der Waals surface area contributed by atoms with E-state index in [0.717, 1.165) is 0 Å². The largest absolute Gasteiger partial charge is 0.416 e. The Labute approximate surface area is 232 Å². The first kappa shape index (κ1) is 29.8. The molecule has 1 aromatic heterocycles. The number of halogens is 6. The van der Waals surface area contributed by atoms with Gasteiger partial charge in [-0.3, -0.25) is 14.2 Å². The third-order valence-electron chi connectivity index (χ3n) is 6.53. The van der Waals surface area contributed by atoms with Crippen molar-refractivity contribution in [2.24, 2.45) is 5.92 Å². The van der Waals surface area contributed by atoms with Gasteiger partial charge in [-0.2, -0.15) is 26.3 Å². The monoisotopic (exact) mass is 575 g/mol. The summed E-state index contributed by atoms with van der Waals surface area (Å²) < 4.78 is 82.9. The fourth-order valence-electron chi connectivity index (χ4n) is 4.73. The van der Waals surface area contributed by atoms with Gasteiger partial charge in [0.2, 0.25) is 0 Å². The number of hydrogen-bond donors (Lipinski definition) is 0. The van der Waals surface area contributed by atoms with E-state index in [-0.39, 0.29) is 30.8 Å². The first-order valence-electron chi connectivity index (χ1n) is 12.9. The van der Waals surface area contributed by atoms with Crippen molar-refractivity contribution in [3.05, 3.63) is 106 Å². The Morgan fingerprint density at radius 1 is 0.878 bits per heavy atom. The van der Waals surface area contributed by atoms with Crippen LogP contribution < -0.4 is 5.56 Å². The second kappa shape index (κ2) is 11.4. The lowest BCUT2D eigenvalue weighted by molar-refractivity contribution is -0.143. The number of para-hydroxylation sites is 2. The van der Waals surface area contributed by atoms with Crippen LogP contribution in [0.4, 0.5) is 26.3 Å². The van der Waals surface area contributed by atoms with Crippen LogP contribution in [0, 0.1) is 5.92 Å². The fourth-order valence-corrected chi connectivity index (χ4v) is 4.73. The minimum atomic E-state index is -5.11. The number of alkyl halides is 6. The molecule has 1 heterocycles. The lowest BCUT2D eigenvalue weighted by Crippen LogP contribution is -2.40. The van der Waals surface area contributed by atoms with Gasteiger partial charge in [0.05, 0.1) is 33.8 Å². The van der Waals surface area contributed by atoms with Gasteiger partial charge in [-0.05, 0) is 54.8 Å². The molecule has 0 bridgehead atoms. The molecule has 0 N–H and O–H groups in total. The maximum atomic E-state index is 13.9. The highest BCUT2D eigenvalue weighted by molar-refractivity contribution is 5.95. The Balaban J connectivity index is 1.97. The highest BCUT2D eigenvalue weighted by Gasteiger charge is 2.39. The standard InChI is InChI=1S/C30H27F6N3O2/c1-4-25(26-37-24-13-9-8-12-23(24)28(41)39(26)22-10-6-5-7-11-22)38(17-18(2)3)27(40)19-14-20(29(31,32)33)16-21(15-19)30(34,35)36/h5-16,18,25H,4,17H2,1-3H3. The molecule has 0 saturated carbocycles. The van der Waals surface area contributed by atoms with Crippen LogP contribution in [-0.2, 0) is 12.4 Å². The van der Waals surface area contributed by atoms with Gasteiger partial charge in [0.15, 0.2) is 0 Å². The van der Waals surface area contributed by atoms with Crippen LogP contribution in [0.1, 0.15) is 60.5 Å². The van der Waals surface area contributed by atoms with Crippen LogP contribution in [0.15, 0.2) is 77.6 Å². The summed E-state index contributed by atoms with van der Waals surface area (Å²) in [6, 6.07) is 15.0. The zero-order chi connectivity index (χ0) is 30.1. The smallest absolute Gasteiger partial charge is 0.328 e. The third-order valence-corrected chi connectivity index (χ3v) is 6.53. The van der Waals surface area contributed by atoms with Gasteiger partial charge in [-0.15, -0.1) is 0 Å². The summed E-state index contributed by atoms with van der Waals surface area (Å²) in [5, 5.41) is 0.310. The molecule has 1 unspecified atom stereocenters. The highest BCUT2D eigenvalue weighted by atomic mass is 19.4. The van der Waals surface area contributed by atoms with Crippen molar-refractivity contribution < 1.29 is 31.1 Å². The maximum absolute atomic E-state index is 13.9. The molecule has 0 spiro atoms. The number of nitrogens with zero attached hydrogens (tertiary/aromatic N) is 3. The quantitative estimate of drug-likeness (QED) is 0.213. The zero-order valence-electron chi connectivity index (χ0n) is 22.4. The number of hydrogen-bond acceptors (Lipinski definition) is 3. The Morgan fingerprint density at radius 2 is 1.44 bits per heavy atom. The van der Waals surface area contributed by atoms with Crippen molar-refractivity contribution in [2.45, 2.75) is 45.6 Å². The second-order valence-corrected chi connectivity index (χ2v) is 10.0. The average Bonchev–Trinajstić information content (AvgIpc) is 2.92. The minimum absolute atomic E-state index is 0.0151. The van der Waals surface area contributed by atoms with Gasteiger partial charge in [0.1, 0.15) is 5.82 Å². The summed E-state index contributed by atoms with van der Waals surface area (Å²) in [5.41, 5.74) is -3.57. The second-order valence-electron chi connectivity index (χ2n) is 10.0. The van der Waals surface area contributed by atoms with Crippen LogP contribution in [0.2, 0.25) is 0 Å². The van der Waals surface area contributed by atoms with E-state index < -0.39 is 46.6 Å². The molecule has 0 saturated heterocycles. The molecule has 4 aromatic rings. The van der Waals surface area contributed by atoms with E-state index in [1.165, 1.54) is 9.47 Å². The predicted molar refractivity (Wildman–Crippen MR) is 143 cm³/mol. The van der Waals surface area contributed by atoms with Crippen molar-refractivity contribution in [3.8, 4) is 5.69 Å². The normalized spacial score (nSPS) is 13.0. The van der Waals surface area contributed by atoms with Crippen LogP contribution in [-0.4, -0.2) is 26.9 Å². The lowest BCUT2D eigenvalue weighted by atomic mass is 10.0. The SMILES string of the molecule is CCC(c1nc2ccccc2c(=O)n1-c1ccccc1)N(CC(C)C)C(=O)c1cc(C(F)(F)F)cc(C(F)(F)F)c1. The van der Waals surface area contributed by atoms with Gasteiger partial charge in [0.25, 0.3) is 11.5 Å². The molecular formula is C30H27F6N3O2. The van der Waals surface area contributed by atoms with E-state index in [4.69, 9.17) is 4.98 Å². The molecule has 0 radical (unpaired) electrons. The summed E-state index contributed by atoms with van der Waals surface area (Å²) in [6.45, 7) is 5.21. The van der Waals surface area contributed by atoms with E-state index in [2.05, 4.69) is 0 Å². The molecule has 0 aliphatic heterocycles. The molecule has 4 rings (SSSR count). The molecule has 1 amide bonds. The fraction of sp³-hybridized carbons (Fsp3) is 0.300. The zero-order valence-corrected chi connectivity index (χ0v) is 22.4. The predicted octanol–water partition coefficient (Wildman–Crippen LogP) is 7.67. The topological polar surface area (TPSA) is 55.2 Å². The van der Waals surface area contributed by atoms with Gasteiger partial charge >= 0.3 is 12.4 Å². The van der Waals surface area contributed by atoms with E-state index in [0.29, 0.717) is 28.7 Å². The van der Waals surface area contributed by atoms with Gasteiger partial charge < -0.3 is 4.90 Å². The molecule has 11 heteroatoms. The maximum Gasteiger partial charge on any atom is 0.416 e. The summed E-state index contributed by atoms with van der Waals surface area (Å²) >= 11 is 0. The van der Waals surface area contributed by atoms with E-state index in [1.807, 2.05) is 0 Å². The van der Waals surface area contributed by atoms with Gasteiger partial charge in [-0.25, -0.2) is 4.98 Å². The number of carbonyl (C=O) groups excluding carboxylic acids is 1. The van der Waals surface area contributed by atoms with Gasteiger partial charge in [0, 0.05) is 12.1 Å². The molecule has 0 aliphatic rings. The minimum Gasteiger partial charge on any atom is -0.328 e. The molecule has 41 heavy (non-hydrogen) atoms. The third kappa shape index (κ3) is 6.28. The summed E-state index contributed by atoms with van der Waals surface area (Å²) in [4.78, 5) is 33.5. The van der Waals surface area contributed by atoms with Crippen molar-refractivity contribution in [2.75, 3.05) is 6.54 Å². The Kier molecular flexibility index (Phi) is 8.28. The van der Waals surface area contributed by atoms with Crippen LogP contribution in [0.3, 0.4) is 0 Å². The van der Waals surface area contributed by atoms with Crippen molar-refractivity contribution in [1.82, 2.24) is 14.5 Å². The first-order chi connectivity index (χ1) is 19.2. The van der Waals surface area contributed by atoms with E-state index >= 15 is 0 Å². The Bertz CT molecular complexity index is 1580. The molecule has 3 aromatic carbocycles. The first-order valence-corrected chi connectivity index (χ1v) is 12.9. The molecule has 5 nitrogen and oxygen atoms in total. The number of carbonyl (C=O) groups is 1. The molecule has 0 fully saturated rings. The molecule has 1 atom stereocenters. The highest BCUT2D eigenvalue weighted by Crippen LogP contribution is 2.37. The molecule has 0 aliphatic carbocycles. The summed E-state index contributed by atoms with van der Waals surface area (Å²) in [7, 11) is 0. The number of rotatable bonds is 7. The Hall–Kier alpha value is -4.15. The van der Waals surface area contributed by atoms with Crippen molar-refractivity contribution in [3.63, 3.8) is 0 Å². The number of benzene rings is 3. The molecular weight excluding hydrogens is 548 g/mol. The Morgan fingerprint density at radius 3 is 1.98 bits per heavy atom. The van der Waals surface area contributed by atoms with E-state index in [1.54, 1.807) is 75.4 Å². The number of aromatic nitrogens is 2. The van der Waals surface area contributed by atoms with Crippen molar-refractivity contribution in [1.29, 1.82) is 0 Å². The summed E-state index contributed by atoms with van der Waals surface area (Å²) in [5.74, 6) is -1.12. The van der Waals surface area contributed by atoms with E-state index in [9.17, 15) is 35.9 Å².